The summed E-state index contributed by atoms with van der Waals surface area (Å²) in [5.74, 6) is -0.0879. The van der Waals surface area contributed by atoms with Gasteiger partial charge in [0.25, 0.3) is 0 Å². The summed E-state index contributed by atoms with van der Waals surface area (Å²) >= 11 is 0. The van der Waals surface area contributed by atoms with Crippen molar-refractivity contribution >= 4 is 23.9 Å². The highest BCUT2D eigenvalue weighted by Crippen LogP contribution is 2.27. The molecule has 0 amide bonds. The molecular weight excluding hydrogens is 500 g/mol. The van der Waals surface area contributed by atoms with Gasteiger partial charge < -0.3 is 18.9 Å². The van der Waals surface area contributed by atoms with E-state index in [0.717, 1.165) is 64.2 Å². The zero-order valence-electron chi connectivity index (χ0n) is 24.9. The zero-order chi connectivity index (χ0) is 28.8. The Morgan fingerprint density at radius 1 is 0.590 bits per heavy atom. The lowest BCUT2D eigenvalue weighted by molar-refractivity contribution is -0.159. The van der Waals surface area contributed by atoms with E-state index in [1.54, 1.807) is 0 Å². The van der Waals surface area contributed by atoms with E-state index < -0.39 is 0 Å². The Balaban J connectivity index is 1.58. The minimum Gasteiger partial charge on any atom is -0.462 e. The van der Waals surface area contributed by atoms with E-state index in [4.69, 9.17) is 18.9 Å². The molecule has 2 fully saturated rings. The van der Waals surface area contributed by atoms with Crippen LogP contribution >= 0.6 is 0 Å². The minimum atomic E-state index is -0.203. The summed E-state index contributed by atoms with van der Waals surface area (Å²) < 4.78 is 22.5. The van der Waals surface area contributed by atoms with E-state index >= 15 is 0 Å². The largest absolute Gasteiger partial charge is 0.462 e. The molecule has 8 heteroatoms. The second-order valence-electron chi connectivity index (χ2n) is 12.3. The predicted octanol–water partition coefficient (Wildman–Crippen LogP) is 6.46. The molecule has 0 aromatic heterocycles. The van der Waals surface area contributed by atoms with Gasteiger partial charge in [0, 0.05) is 32.1 Å². The van der Waals surface area contributed by atoms with Gasteiger partial charge in [-0.2, -0.15) is 0 Å². The van der Waals surface area contributed by atoms with E-state index in [1.807, 2.05) is 34.6 Å². The third-order valence-electron chi connectivity index (χ3n) is 7.60. The van der Waals surface area contributed by atoms with Gasteiger partial charge in [0.05, 0.1) is 0 Å². The Labute approximate surface area is 235 Å². The molecule has 0 N–H and O–H groups in total. The normalized spacial score (nSPS) is 24.9. The van der Waals surface area contributed by atoms with Crippen molar-refractivity contribution in [3.8, 4) is 0 Å². The van der Waals surface area contributed by atoms with Crippen molar-refractivity contribution in [2.45, 2.75) is 155 Å². The van der Waals surface area contributed by atoms with E-state index in [2.05, 4.69) is 0 Å². The van der Waals surface area contributed by atoms with Crippen molar-refractivity contribution in [2.24, 2.45) is 17.8 Å². The number of hydrogen-bond acceptors (Lipinski definition) is 8. The standard InChI is InChI=1S/C31H52O8/c1-6-8-28(32)38-26-9-7-10-27(20-26)39-31(35)19-23(5)12-11-22(4)18-30(34)37-25-15-13-24(14-16-25)36-29(33)17-21(2)3/h21-27H,6-20H2,1-5H3/t22?,23?,24?,25?,26-,27+/m0/s1. The van der Waals surface area contributed by atoms with Crippen molar-refractivity contribution < 1.29 is 38.1 Å². The molecule has 0 bridgehead atoms. The molecule has 2 aliphatic carbocycles. The summed E-state index contributed by atoms with van der Waals surface area (Å²) in [6.07, 6.45) is 9.51. The molecule has 2 unspecified atom stereocenters. The van der Waals surface area contributed by atoms with E-state index in [0.29, 0.717) is 32.1 Å². The molecule has 39 heavy (non-hydrogen) atoms. The summed E-state index contributed by atoms with van der Waals surface area (Å²) in [6.45, 7) is 10.0. The lowest BCUT2D eigenvalue weighted by atomic mass is 9.93. The number of hydrogen-bond donors (Lipinski definition) is 0. The fraction of sp³-hybridized carbons (Fsp3) is 0.871. The molecule has 4 atom stereocenters. The molecule has 0 heterocycles. The van der Waals surface area contributed by atoms with Crippen LogP contribution in [0.2, 0.25) is 0 Å². The van der Waals surface area contributed by atoms with Crippen LogP contribution in [0.3, 0.4) is 0 Å². The fourth-order valence-electron chi connectivity index (χ4n) is 5.41. The Kier molecular flexibility index (Phi) is 14.9. The lowest BCUT2D eigenvalue weighted by Crippen LogP contribution is -2.31. The van der Waals surface area contributed by atoms with Crippen LogP contribution in [-0.4, -0.2) is 48.3 Å². The van der Waals surface area contributed by atoms with Crippen molar-refractivity contribution in [1.29, 1.82) is 0 Å². The monoisotopic (exact) mass is 552 g/mol. The first-order valence-corrected chi connectivity index (χ1v) is 15.3. The minimum absolute atomic E-state index is 0.0684. The Bertz CT molecular complexity index is 771. The van der Waals surface area contributed by atoms with Crippen LogP contribution in [0.15, 0.2) is 0 Å². The van der Waals surface area contributed by atoms with Crippen LogP contribution in [0, 0.1) is 17.8 Å². The first-order chi connectivity index (χ1) is 18.5. The van der Waals surface area contributed by atoms with Crippen LogP contribution in [0.1, 0.15) is 131 Å². The SMILES string of the molecule is CCCC(=O)O[C@H]1CCC[C@@H](OC(=O)CC(C)CCC(C)CC(=O)OC2CCC(OC(=O)CC(C)C)CC2)C1. The van der Waals surface area contributed by atoms with Crippen molar-refractivity contribution in [2.75, 3.05) is 0 Å². The van der Waals surface area contributed by atoms with Gasteiger partial charge in [0.15, 0.2) is 0 Å². The number of rotatable bonds is 15. The average Bonchev–Trinajstić information content (AvgIpc) is 2.83. The maximum Gasteiger partial charge on any atom is 0.306 e. The van der Waals surface area contributed by atoms with Gasteiger partial charge in [-0.1, -0.05) is 34.6 Å². The van der Waals surface area contributed by atoms with Crippen LogP contribution in [0.4, 0.5) is 0 Å². The number of esters is 4. The molecule has 0 spiro atoms. The molecule has 0 radical (unpaired) electrons. The highest BCUT2D eigenvalue weighted by molar-refractivity contribution is 5.71. The smallest absolute Gasteiger partial charge is 0.306 e. The van der Waals surface area contributed by atoms with Gasteiger partial charge in [-0.15, -0.1) is 0 Å². The van der Waals surface area contributed by atoms with E-state index in [-0.39, 0.29) is 66.0 Å². The maximum atomic E-state index is 12.5. The summed E-state index contributed by atoms with van der Waals surface area (Å²) in [7, 11) is 0. The van der Waals surface area contributed by atoms with Gasteiger partial charge in [-0.05, 0) is 82.0 Å². The molecule has 224 valence electrons. The van der Waals surface area contributed by atoms with Gasteiger partial charge in [-0.3, -0.25) is 19.2 Å². The maximum absolute atomic E-state index is 12.5. The quantitative estimate of drug-likeness (QED) is 0.168. The highest BCUT2D eigenvalue weighted by atomic mass is 16.6. The molecule has 0 aromatic carbocycles. The molecule has 0 aliphatic heterocycles. The van der Waals surface area contributed by atoms with Crippen molar-refractivity contribution in [3.05, 3.63) is 0 Å². The Morgan fingerprint density at radius 3 is 1.44 bits per heavy atom. The zero-order valence-corrected chi connectivity index (χ0v) is 24.9. The second-order valence-corrected chi connectivity index (χ2v) is 12.3. The van der Waals surface area contributed by atoms with Gasteiger partial charge in [-0.25, -0.2) is 0 Å². The average molecular weight is 553 g/mol. The molecular formula is C31H52O8. The fourth-order valence-corrected chi connectivity index (χ4v) is 5.41. The van der Waals surface area contributed by atoms with E-state index in [9.17, 15) is 19.2 Å². The molecule has 2 aliphatic rings. The Morgan fingerprint density at radius 2 is 1.00 bits per heavy atom. The van der Waals surface area contributed by atoms with Crippen LogP contribution in [0.5, 0.6) is 0 Å². The second kappa shape index (κ2) is 17.5. The summed E-state index contributed by atoms with van der Waals surface area (Å²) in [6, 6.07) is 0. The molecule has 0 aromatic rings. The van der Waals surface area contributed by atoms with Crippen LogP contribution in [0.25, 0.3) is 0 Å². The molecule has 8 nitrogen and oxygen atoms in total. The van der Waals surface area contributed by atoms with Crippen LogP contribution in [-0.2, 0) is 38.1 Å². The number of carbonyl (C=O) groups is 4. The molecule has 2 saturated carbocycles. The van der Waals surface area contributed by atoms with Crippen molar-refractivity contribution in [1.82, 2.24) is 0 Å². The summed E-state index contributed by atoms with van der Waals surface area (Å²) in [4.78, 5) is 48.6. The highest BCUT2D eigenvalue weighted by Gasteiger charge is 2.29. The van der Waals surface area contributed by atoms with Crippen molar-refractivity contribution in [3.63, 3.8) is 0 Å². The molecule has 2 rings (SSSR count). The first-order valence-electron chi connectivity index (χ1n) is 15.3. The third kappa shape index (κ3) is 14.2. The topological polar surface area (TPSA) is 105 Å². The van der Waals surface area contributed by atoms with Gasteiger partial charge >= 0.3 is 23.9 Å². The first kappa shape index (κ1) is 33.1. The summed E-state index contributed by atoms with van der Waals surface area (Å²) in [5, 5.41) is 0. The predicted molar refractivity (Wildman–Crippen MR) is 148 cm³/mol. The van der Waals surface area contributed by atoms with Crippen LogP contribution < -0.4 is 0 Å². The molecule has 0 saturated heterocycles. The van der Waals surface area contributed by atoms with Gasteiger partial charge in [0.1, 0.15) is 24.4 Å². The lowest BCUT2D eigenvalue weighted by Gasteiger charge is -2.29. The number of ether oxygens (including phenoxy) is 4. The third-order valence-corrected chi connectivity index (χ3v) is 7.60. The van der Waals surface area contributed by atoms with E-state index in [1.165, 1.54) is 0 Å². The summed E-state index contributed by atoms with van der Waals surface area (Å²) in [5.41, 5.74) is 0. The Hall–Kier alpha value is -2.12. The number of carbonyl (C=O) groups excluding carboxylic acids is 4. The van der Waals surface area contributed by atoms with Gasteiger partial charge in [0.2, 0.25) is 0 Å².